The molecule has 3 aromatic heterocycles. The van der Waals surface area contributed by atoms with Gasteiger partial charge >= 0.3 is 0 Å². The van der Waals surface area contributed by atoms with Crippen molar-refractivity contribution in [2.75, 3.05) is 0 Å². The second kappa shape index (κ2) is 6.57. The van der Waals surface area contributed by atoms with Crippen LogP contribution in [0.2, 0.25) is 0 Å². The van der Waals surface area contributed by atoms with Crippen molar-refractivity contribution in [3.8, 4) is 11.3 Å². The topological polar surface area (TPSA) is 68.0 Å². The number of furan rings is 1. The molecule has 0 aliphatic heterocycles. The normalized spacial score (nSPS) is 10.7. The number of aromatic nitrogens is 2. The summed E-state index contributed by atoms with van der Waals surface area (Å²) < 4.78 is 5.45. The van der Waals surface area contributed by atoms with Crippen LogP contribution in [0.1, 0.15) is 16.1 Å². The molecule has 25 heavy (non-hydrogen) atoms. The third kappa shape index (κ3) is 2.99. The highest BCUT2D eigenvalue weighted by molar-refractivity contribution is 5.94. The van der Waals surface area contributed by atoms with Crippen molar-refractivity contribution in [3.63, 3.8) is 0 Å². The fourth-order valence-electron chi connectivity index (χ4n) is 2.76. The van der Waals surface area contributed by atoms with Crippen molar-refractivity contribution >= 4 is 16.9 Å². The Morgan fingerprint density at radius 2 is 1.84 bits per heavy atom. The Balaban J connectivity index is 1.64. The first-order valence-corrected chi connectivity index (χ1v) is 7.92. The van der Waals surface area contributed by atoms with Gasteiger partial charge in [-0.2, -0.15) is 0 Å². The Kier molecular flexibility index (Phi) is 3.96. The summed E-state index contributed by atoms with van der Waals surface area (Å²) in [5.41, 5.74) is 3.82. The number of benzene rings is 1. The molecule has 1 aromatic carbocycles. The van der Waals surface area contributed by atoms with Gasteiger partial charge in [0.1, 0.15) is 5.58 Å². The Labute approximate surface area is 144 Å². The first kappa shape index (κ1) is 15.1. The van der Waals surface area contributed by atoms with Crippen LogP contribution in [-0.2, 0) is 6.54 Å². The summed E-state index contributed by atoms with van der Waals surface area (Å²) in [6.45, 7) is 0.319. The molecule has 0 spiro atoms. The lowest BCUT2D eigenvalue weighted by Crippen LogP contribution is -2.23. The summed E-state index contributed by atoms with van der Waals surface area (Å²) in [7, 11) is 0. The average molecular weight is 329 g/mol. The van der Waals surface area contributed by atoms with E-state index in [2.05, 4.69) is 15.3 Å². The third-order valence-electron chi connectivity index (χ3n) is 3.98. The maximum absolute atomic E-state index is 12.3. The lowest BCUT2D eigenvalue weighted by molar-refractivity contribution is 0.0950. The number of fused-ring (bicyclic) bond motifs is 1. The summed E-state index contributed by atoms with van der Waals surface area (Å²) in [5.74, 6) is -0.133. The van der Waals surface area contributed by atoms with Crippen LogP contribution in [0.4, 0.5) is 0 Å². The number of hydrogen-bond donors (Lipinski definition) is 1. The quantitative estimate of drug-likeness (QED) is 0.618. The number of nitrogens with one attached hydrogen (secondary N) is 1. The van der Waals surface area contributed by atoms with Crippen molar-refractivity contribution in [3.05, 3.63) is 84.5 Å². The van der Waals surface area contributed by atoms with Crippen LogP contribution in [0.15, 0.2) is 77.7 Å². The zero-order chi connectivity index (χ0) is 17.1. The number of carbonyl (C=O) groups excluding carboxylic acids is 1. The van der Waals surface area contributed by atoms with Crippen molar-refractivity contribution < 1.29 is 9.21 Å². The highest BCUT2D eigenvalue weighted by atomic mass is 16.3. The molecule has 0 aliphatic carbocycles. The molecular formula is C20H15N3O2. The molecule has 0 saturated carbocycles. The third-order valence-corrected chi connectivity index (χ3v) is 3.98. The second-order valence-corrected chi connectivity index (χ2v) is 5.54. The van der Waals surface area contributed by atoms with E-state index in [9.17, 15) is 4.79 Å². The molecule has 5 nitrogen and oxygen atoms in total. The van der Waals surface area contributed by atoms with Crippen molar-refractivity contribution in [2.45, 2.75) is 6.54 Å². The molecule has 5 heteroatoms. The molecule has 0 saturated heterocycles. The van der Waals surface area contributed by atoms with Crippen molar-refractivity contribution in [1.29, 1.82) is 0 Å². The molecule has 1 amide bonds. The van der Waals surface area contributed by atoms with E-state index in [1.807, 2.05) is 42.5 Å². The van der Waals surface area contributed by atoms with Gasteiger partial charge in [-0.05, 0) is 36.4 Å². The molecule has 0 bridgehead atoms. The Morgan fingerprint density at radius 1 is 0.960 bits per heavy atom. The molecule has 0 aliphatic rings. The smallest absolute Gasteiger partial charge is 0.251 e. The van der Waals surface area contributed by atoms with Gasteiger partial charge in [0.05, 0.1) is 24.2 Å². The van der Waals surface area contributed by atoms with E-state index in [1.165, 1.54) is 0 Å². The predicted molar refractivity (Wildman–Crippen MR) is 94.9 cm³/mol. The molecule has 0 fully saturated rings. The fraction of sp³-hybridized carbons (Fsp3) is 0.0500. The second-order valence-electron chi connectivity index (χ2n) is 5.54. The maximum atomic E-state index is 12.3. The summed E-state index contributed by atoms with van der Waals surface area (Å²) in [5, 5.41) is 3.84. The first-order valence-electron chi connectivity index (χ1n) is 7.92. The molecule has 0 atom stereocenters. The number of nitrogens with zero attached hydrogens (tertiary/aromatic N) is 2. The number of amides is 1. The summed E-state index contributed by atoms with van der Waals surface area (Å²) in [6.07, 6.45) is 5.06. The van der Waals surface area contributed by atoms with Crippen LogP contribution in [0, 0.1) is 0 Å². The van der Waals surface area contributed by atoms with Crippen LogP contribution in [0.5, 0.6) is 0 Å². The van der Waals surface area contributed by atoms with Crippen LogP contribution in [0.25, 0.3) is 22.2 Å². The zero-order valence-corrected chi connectivity index (χ0v) is 13.3. The van der Waals surface area contributed by atoms with Gasteiger partial charge in [-0.25, -0.2) is 0 Å². The molecule has 0 unspecified atom stereocenters. The van der Waals surface area contributed by atoms with E-state index in [0.29, 0.717) is 12.1 Å². The van der Waals surface area contributed by atoms with Crippen LogP contribution in [-0.4, -0.2) is 15.9 Å². The first-order chi connectivity index (χ1) is 12.3. The number of carbonyl (C=O) groups is 1. The van der Waals surface area contributed by atoms with E-state index >= 15 is 0 Å². The average Bonchev–Trinajstić information content (AvgIpc) is 3.16. The number of rotatable bonds is 4. The molecule has 3 heterocycles. The van der Waals surface area contributed by atoms with E-state index < -0.39 is 0 Å². The number of hydrogen-bond acceptors (Lipinski definition) is 4. The highest BCUT2D eigenvalue weighted by Gasteiger charge is 2.13. The fourth-order valence-corrected chi connectivity index (χ4v) is 2.76. The summed E-state index contributed by atoms with van der Waals surface area (Å²) in [4.78, 5) is 21.2. The zero-order valence-electron chi connectivity index (χ0n) is 13.3. The predicted octanol–water partition coefficient (Wildman–Crippen LogP) is 3.82. The highest BCUT2D eigenvalue weighted by Crippen LogP contribution is 2.28. The van der Waals surface area contributed by atoms with Gasteiger partial charge in [-0.1, -0.05) is 18.2 Å². The van der Waals surface area contributed by atoms with Crippen LogP contribution < -0.4 is 5.32 Å². The van der Waals surface area contributed by atoms with E-state index in [0.717, 1.165) is 27.9 Å². The summed E-state index contributed by atoms with van der Waals surface area (Å²) >= 11 is 0. The van der Waals surface area contributed by atoms with Gasteiger partial charge < -0.3 is 9.73 Å². The van der Waals surface area contributed by atoms with Gasteiger partial charge in [-0.3, -0.25) is 14.8 Å². The molecule has 4 aromatic rings. The van der Waals surface area contributed by atoms with Crippen molar-refractivity contribution in [2.24, 2.45) is 0 Å². The molecule has 4 rings (SSSR count). The largest absolute Gasteiger partial charge is 0.464 e. The lowest BCUT2D eigenvalue weighted by Gasteiger charge is -2.10. The molecule has 0 radical (unpaired) electrons. The Bertz CT molecular complexity index is 1030. The molecule has 1 N–H and O–H groups in total. The monoisotopic (exact) mass is 329 g/mol. The van der Waals surface area contributed by atoms with Gasteiger partial charge in [0.15, 0.2) is 0 Å². The van der Waals surface area contributed by atoms with Gasteiger partial charge in [-0.15, -0.1) is 0 Å². The van der Waals surface area contributed by atoms with Crippen molar-refractivity contribution in [1.82, 2.24) is 15.3 Å². The minimum absolute atomic E-state index is 0.133. The van der Waals surface area contributed by atoms with E-state index in [1.54, 1.807) is 30.8 Å². The van der Waals surface area contributed by atoms with Crippen LogP contribution in [0.3, 0.4) is 0 Å². The molecular weight excluding hydrogens is 314 g/mol. The number of pyridine rings is 2. The lowest BCUT2D eigenvalue weighted by atomic mass is 10.1. The maximum Gasteiger partial charge on any atom is 0.251 e. The van der Waals surface area contributed by atoms with Gasteiger partial charge in [0.2, 0.25) is 0 Å². The van der Waals surface area contributed by atoms with Crippen LogP contribution >= 0.6 is 0 Å². The van der Waals surface area contributed by atoms with Gasteiger partial charge in [0, 0.05) is 28.9 Å². The minimum atomic E-state index is -0.133. The van der Waals surface area contributed by atoms with Gasteiger partial charge in [0.25, 0.3) is 5.91 Å². The standard InChI is InChI=1S/C20H15N3O2/c24-20(14-5-2-1-3-6-14)23-13-17-15(7-4-10-21-17)19-16-9-12-25-18(16)8-11-22-19/h1-12H,13H2,(H,23,24). The SMILES string of the molecule is O=C(NCc1ncccc1-c1nccc2occc12)c1ccccc1. The Hall–Kier alpha value is -3.47. The molecule has 122 valence electrons. The summed E-state index contributed by atoms with van der Waals surface area (Å²) in [6, 6.07) is 16.6. The van der Waals surface area contributed by atoms with E-state index in [4.69, 9.17) is 4.42 Å². The minimum Gasteiger partial charge on any atom is -0.464 e. The van der Waals surface area contributed by atoms with E-state index in [-0.39, 0.29) is 5.91 Å². The Morgan fingerprint density at radius 3 is 2.72 bits per heavy atom.